The van der Waals surface area contributed by atoms with Crippen molar-refractivity contribution in [1.29, 1.82) is 0 Å². The third-order valence-electron chi connectivity index (χ3n) is 8.87. The highest BCUT2D eigenvalue weighted by atomic mass is 32.2. The summed E-state index contributed by atoms with van der Waals surface area (Å²) in [5.41, 5.74) is 5.88. The van der Waals surface area contributed by atoms with E-state index in [9.17, 15) is 18.0 Å². The highest BCUT2D eigenvalue weighted by Crippen LogP contribution is 2.30. The van der Waals surface area contributed by atoms with Gasteiger partial charge in [-0.1, -0.05) is 72.3 Å². The molecule has 9 nitrogen and oxygen atoms in total. The zero-order valence-electron chi connectivity index (χ0n) is 28.4. The summed E-state index contributed by atoms with van der Waals surface area (Å²) in [6.45, 7) is 4.56. The van der Waals surface area contributed by atoms with E-state index in [0.717, 1.165) is 22.3 Å². The summed E-state index contributed by atoms with van der Waals surface area (Å²) in [5, 5.41) is 2.96. The minimum absolute atomic E-state index is 0.190. The van der Waals surface area contributed by atoms with Gasteiger partial charge in [0, 0.05) is 50.0 Å². The minimum atomic E-state index is -3.56. The molecule has 256 valence electrons. The largest absolute Gasteiger partial charge is 0.487 e. The number of hydrogen-bond donors (Lipinski definition) is 1. The van der Waals surface area contributed by atoms with Crippen molar-refractivity contribution in [3.63, 3.8) is 0 Å². The summed E-state index contributed by atoms with van der Waals surface area (Å²) in [7, 11) is 0.109. The number of carbonyl (C=O) groups is 2. The van der Waals surface area contributed by atoms with Crippen LogP contribution in [0.5, 0.6) is 5.75 Å². The molecule has 0 saturated carbocycles. The number of likely N-dealkylation sites (N-methyl/N-ethyl adjacent to an activating group) is 1. The van der Waals surface area contributed by atoms with Gasteiger partial charge >= 0.3 is 0 Å². The molecule has 0 bridgehead atoms. The van der Waals surface area contributed by atoms with Gasteiger partial charge < -0.3 is 19.9 Å². The molecule has 2 amide bonds. The highest BCUT2D eigenvalue weighted by molar-refractivity contribution is 7.89. The van der Waals surface area contributed by atoms with Crippen LogP contribution >= 0.6 is 0 Å². The standard InChI is InChI=1S/C40H40N4O5S/c1-29-12-16-31(17-13-29)35-8-4-5-9-36(35)39(45)41-33-20-18-32(19-21-33)40(46)43(3)37-10-6-7-11-38(37)49-28-30-14-22-34(23-15-30)50(47,48)44-26-24-42(2)25-27-44/h4-23H,24-28H2,1-3H3,(H,41,45). The second-order valence-electron chi connectivity index (χ2n) is 12.4. The molecule has 0 aliphatic carbocycles. The number of rotatable bonds is 10. The summed E-state index contributed by atoms with van der Waals surface area (Å²) < 4.78 is 33.9. The quantitative estimate of drug-likeness (QED) is 0.175. The van der Waals surface area contributed by atoms with Crippen LogP contribution in [0.3, 0.4) is 0 Å². The Labute approximate surface area is 293 Å². The summed E-state index contributed by atoms with van der Waals surface area (Å²) in [4.78, 5) is 30.7. The van der Waals surface area contributed by atoms with E-state index >= 15 is 0 Å². The Bertz CT molecular complexity index is 2070. The second-order valence-corrected chi connectivity index (χ2v) is 14.4. The number of nitrogens with one attached hydrogen (secondary N) is 1. The molecular formula is C40H40N4O5S. The number of para-hydroxylation sites is 2. The average Bonchev–Trinajstić information content (AvgIpc) is 3.14. The summed E-state index contributed by atoms with van der Waals surface area (Å²) in [6, 6.07) is 36.3. The zero-order valence-corrected chi connectivity index (χ0v) is 29.2. The van der Waals surface area contributed by atoms with Crippen molar-refractivity contribution in [1.82, 2.24) is 9.21 Å². The molecule has 1 heterocycles. The fraction of sp³-hybridized carbons (Fsp3) is 0.200. The lowest BCUT2D eigenvalue weighted by molar-refractivity contribution is 0.0990. The predicted octanol–water partition coefficient (Wildman–Crippen LogP) is 6.71. The molecule has 0 unspecified atom stereocenters. The van der Waals surface area contributed by atoms with Gasteiger partial charge in [0.25, 0.3) is 11.8 Å². The molecule has 0 atom stereocenters. The highest BCUT2D eigenvalue weighted by Gasteiger charge is 2.27. The van der Waals surface area contributed by atoms with Crippen molar-refractivity contribution in [2.45, 2.75) is 18.4 Å². The number of benzene rings is 5. The van der Waals surface area contributed by atoms with Gasteiger partial charge in [0.15, 0.2) is 0 Å². The Balaban J connectivity index is 1.09. The maximum absolute atomic E-state index is 13.6. The van der Waals surface area contributed by atoms with Crippen LogP contribution in [-0.2, 0) is 16.6 Å². The second kappa shape index (κ2) is 15.1. The lowest BCUT2D eigenvalue weighted by atomic mass is 9.98. The summed E-state index contributed by atoms with van der Waals surface area (Å²) in [6.07, 6.45) is 0. The molecule has 1 aliphatic rings. The number of ether oxygens (including phenoxy) is 1. The van der Waals surface area contributed by atoms with E-state index in [1.54, 1.807) is 73.8 Å². The molecule has 1 fully saturated rings. The van der Waals surface area contributed by atoms with Crippen LogP contribution in [0.25, 0.3) is 11.1 Å². The lowest BCUT2D eigenvalue weighted by Gasteiger charge is -2.31. The first-order valence-corrected chi connectivity index (χ1v) is 17.9. The first kappa shape index (κ1) is 34.6. The molecule has 50 heavy (non-hydrogen) atoms. The Morgan fingerprint density at radius 3 is 2.12 bits per heavy atom. The van der Waals surface area contributed by atoms with E-state index in [-0.39, 0.29) is 23.3 Å². The number of amides is 2. The summed E-state index contributed by atoms with van der Waals surface area (Å²) >= 11 is 0. The van der Waals surface area contributed by atoms with E-state index in [0.29, 0.717) is 54.4 Å². The van der Waals surface area contributed by atoms with Gasteiger partial charge in [0.1, 0.15) is 12.4 Å². The number of nitrogens with zero attached hydrogens (tertiary/aromatic N) is 3. The molecule has 6 rings (SSSR count). The topological polar surface area (TPSA) is 99.3 Å². The summed E-state index contributed by atoms with van der Waals surface area (Å²) in [5.74, 6) is 0.0189. The van der Waals surface area contributed by atoms with Crippen LogP contribution < -0.4 is 15.0 Å². The monoisotopic (exact) mass is 688 g/mol. The molecule has 5 aromatic carbocycles. The van der Waals surface area contributed by atoms with Gasteiger partial charge in [-0.3, -0.25) is 9.59 Å². The van der Waals surface area contributed by atoms with Crippen LogP contribution in [0.2, 0.25) is 0 Å². The fourth-order valence-electron chi connectivity index (χ4n) is 5.82. The SMILES string of the molecule is Cc1ccc(-c2ccccc2C(=O)Nc2ccc(C(=O)N(C)c3ccccc3OCc3ccc(S(=O)(=O)N4CCN(C)CC4)cc3)cc2)cc1. The van der Waals surface area contributed by atoms with Crippen molar-refractivity contribution < 1.29 is 22.7 Å². The van der Waals surface area contributed by atoms with Crippen LogP contribution in [0.15, 0.2) is 126 Å². The fourth-order valence-corrected chi connectivity index (χ4v) is 7.24. The van der Waals surface area contributed by atoms with Gasteiger partial charge in [-0.15, -0.1) is 0 Å². The Morgan fingerprint density at radius 2 is 1.42 bits per heavy atom. The van der Waals surface area contributed by atoms with Gasteiger partial charge in [0.2, 0.25) is 10.0 Å². The molecule has 1 saturated heterocycles. The van der Waals surface area contributed by atoms with Crippen molar-refractivity contribution in [2.75, 3.05) is 50.5 Å². The molecule has 1 aliphatic heterocycles. The van der Waals surface area contributed by atoms with Gasteiger partial charge in [0.05, 0.1) is 10.6 Å². The molecule has 0 spiro atoms. The number of anilines is 2. The van der Waals surface area contributed by atoms with E-state index in [4.69, 9.17) is 4.74 Å². The molecule has 0 radical (unpaired) electrons. The van der Waals surface area contributed by atoms with Crippen molar-refractivity contribution in [3.05, 3.63) is 144 Å². The van der Waals surface area contributed by atoms with Crippen molar-refractivity contribution in [2.24, 2.45) is 0 Å². The third kappa shape index (κ3) is 7.78. The van der Waals surface area contributed by atoms with Crippen molar-refractivity contribution >= 4 is 33.2 Å². The number of aryl methyl sites for hydroxylation is 1. The maximum Gasteiger partial charge on any atom is 0.258 e. The van der Waals surface area contributed by atoms with Gasteiger partial charge in [-0.2, -0.15) is 4.31 Å². The molecule has 1 N–H and O–H groups in total. The maximum atomic E-state index is 13.6. The zero-order chi connectivity index (χ0) is 35.3. The molecular weight excluding hydrogens is 649 g/mol. The van der Waals surface area contributed by atoms with Crippen LogP contribution in [0.1, 0.15) is 31.8 Å². The third-order valence-corrected chi connectivity index (χ3v) is 10.8. The molecule has 0 aromatic heterocycles. The Morgan fingerprint density at radius 1 is 0.780 bits per heavy atom. The van der Waals surface area contributed by atoms with E-state index in [1.807, 2.05) is 68.6 Å². The average molecular weight is 689 g/mol. The molecule has 5 aromatic rings. The van der Waals surface area contributed by atoms with Crippen LogP contribution in [0, 0.1) is 6.92 Å². The Hall–Kier alpha value is -5.29. The van der Waals surface area contributed by atoms with E-state index in [1.165, 1.54) is 9.21 Å². The first-order chi connectivity index (χ1) is 24.1. The lowest BCUT2D eigenvalue weighted by Crippen LogP contribution is -2.46. The number of carbonyl (C=O) groups excluding carboxylic acids is 2. The number of piperazine rings is 1. The number of hydrogen-bond acceptors (Lipinski definition) is 6. The van der Waals surface area contributed by atoms with E-state index < -0.39 is 10.0 Å². The van der Waals surface area contributed by atoms with Gasteiger partial charge in [-0.25, -0.2) is 8.42 Å². The van der Waals surface area contributed by atoms with E-state index in [2.05, 4.69) is 10.2 Å². The first-order valence-electron chi connectivity index (χ1n) is 16.4. The van der Waals surface area contributed by atoms with Crippen molar-refractivity contribution in [3.8, 4) is 16.9 Å². The Kier molecular flexibility index (Phi) is 10.4. The van der Waals surface area contributed by atoms with Crippen LogP contribution in [-0.4, -0.2) is 69.7 Å². The van der Waals surface area contributed by atoms with Gasteiger partial charge in [-0.05, 0) is 85.3 Å². The molecule has 10 heteroatoms. The minimum Gasteiger partial charge on any atom is -0.487 e. The normalized spacial score (nSPS) is 13.8. The smallest absolute Gasteiger partial charge is 0.258 e. The number of sulfonamides is 1. The predicted molar refractivity (Wildman–Crippen MR) is 197 cm³/mol. The van der Waals surface area contributed by atoms with Crippen LogP contribution in [0.4, 0.5) is 11.4 Å².